The number of aryl methyl sites for hydroxylation is 1. The maximum Gasteiger partial charge on any atom is 0.313 e. The molecule has 2 aromatic heterocycles. The van der Waals surface area contributed by atoms with Crippen molar-refractivity contribution in [2.24, 2.45) is 7.05 Å². The predicted octanol–water partition coefficient (Wildman–Crippen LogP) is 2.13. The molecule has 0 unspecified atom stereocenters. The van der Waals surface area contributed by atoms with Crippen LogP contribution in [-0.4, -0.2) is 19.5 Å². The lowest BCUT2D eigenvalue weighted by molar-refractivity contribution is -0.384. The maximum absolute atomic E-state index is 11.1. The Morgan fingerprint density at radius 1 is 1.35 bits per heavy atom. The molecule has 0 saturated heterocycles. The van der Waals surface area contributed by atoms with Gasteiger partial charge in [0.1, 0.15) is 6.20 Å². The standard InChI is InChI=1S/C13H11N5O2/c1-17-7-9(8-4-2-3-5-10(8)17)12-11(18(19)20)6-15-13(14)16-12/h2-7H,1H3,(H2,14,15,16). The molecule has 0 atom stereocenters. The first-order valence-corrected chi connectivity index (χ1v) is 5.89. The molecule has 0 fully saturated rings. The van der Waals surface area contributed by atoms with E-state index in [1.807, 2.05) is 35.9 Å². The summed E-state index contributed by atoms with van der Waals surface area (Å²) in [4.78, 5) is 18.4. The largest absolute Gasteiger partial charge is 0.368 e. The third-order valence-electron chi connectivity index (χ3n) is 3.14. The summed E-state index contributed by atoms with van der Waals surface area (Å²) in [5, 5.41) is 12.0. The van der Waals surface area contributed by atoms with Gasteiger partial charge in [-0.05, 0) is 6.07 Å². The van der Waals surface area contributed by atoms with Crippen LogP contribution in [0.1, 0.15) is 0 Å². The highest BCUT2D eigenvalue weighted by Crippen LogP contribution is 2.34. The number of hydrogen-bond donors (Lipinski definition) is 1. The van der Waals surface area contributed by atoms with Crippen LogP contribution in [0.3, 0.4) is 0 Å². The van der Waals surface area contributed by atoms with E-state index in [4.69, 9.17) is 5.73 Å². The number of hydrogen-bond acceptors (Lipinski definition) is 5. The molecule has 3 rings (SSSR count). The van der Waals surface area contributed by atoms with Gasteiger partial charge in [0.15, 0.2) is 5.69 Å². The summed E-state index contributed by atoms with van der Waals surface area (Å²) >= 11 is 0. The van der Waals surface area contributed by atoms with Gasteiger partial charge in [-0.25, -0.2) is 9.97 Å². The summed E-state index contributed by atoms with van der Waals surface area (Å²) in [6.45, 7) is 0. The van der Waals surface area contributed by atoms with Gasteiger partial charge in [0.2, 0.25) is 5.95 Å². The Morgan fingerprint density at radius 3 is 2.85 bits per heavy atom. The summed E-state index contributed by atoms with van der Waals surface area (Å²) in [7, 11) is 1.88. The Hall–Kier alpha value is -2.96. The minimum absolute atomic E-state index is 0.0125. The minimum Gasteiger partial charge on any atom is -0.368 e. The minimum atomic E-state index is -0.503. The van der Waals surface area contributed by atoms with E-state index in [1.54, 1.807) is 6.20 Å². The molecular formula is C13H11N5O2. The monoisotopic (exact) mass is 269 g/mol. The van der Waals surface area contributed by atoms with Gasteiger partial charge < -0.3 is 10.3 Å². The Morgan fingerprint density at radius 2 is 2.10 bits per heavy atom. The van der Waals surface area contributed by atoms with Crippen molar-refractivity contribution in [3.63, 3.8) is 0 Å². The van der Waals surface area contributed by atoms with E-state index >= 15 is 0 Å². The van der Waals surface area contributed by atoms with Gasteiger partial charge in [-0.3, -0.25) is 10.1 Å². The van der Waals surface area contributed by atoms with Crippen molar-refractivity contribution in [3.8, 4) is 11.3 Å². The molecule has 7 heteroatoms. The van der Waals surface area contributed by atoms with Crippen LogP contribution >= 0.6 is 0 Å². The molecular weight excluding hydrogens is 258 g/mol. The van der Waals surface area contributed by atoms with Crippen molar-refractivity contribution < 1.29 is 4.92 Å². The van der Waals surface area contributed by atoms with E-state index in [1.165, 1.54) is 0 Å². The predicted molar refractivity (Wildman–Crippen MR) is 75.0 cm³/mol. The van der Waals surface area contributed by atoms with E-state index in [0.717, 1.165) is 17.1 Å². The lowest BCUT2D eigenvalue weighted by Crippen LogP contribution is -2.00. The number of anilines is 1. The Labute approximate surface area is 113 Å². The van der Waals surface area contributed by atoms with E-state index in [-0.39, 0.29) is 17.3 Å². The van der Waals surface area contributed by atoms with Crippen molar-refractivity contribution in [1.29, 1.82) is 0 Å². The quantitative estimate of drug-likeness (QED) is 0.567. The third-order valence-corrected chi connectivity index (χ3v) is 3.14. The normalized spacial score (nSPS) is 10.8. The SMILES string of the molecule is Cn1cc(-c2nc(N)ncc2[N+](=O)[O-])c2ccccc21. The van der Waals surface area contributed by atoms with Crippen molar-refractivity contribution in [1.82, 2.24) is 14.5 Å². The van der Waals surface area contributed by atoms with E-state index in [2.05, 4.69) is 9.97 Å². The topological polar surface area (TPSA) is 99.9 Å². The Balaban J connectivity index is 2.36. The third kappa shape index (κ3) is 1.76. The van der Waals surface area contributed by atoms with Crippen molar-refractivity contribution in [2.45, 2.75) is 0 Å². The molecule has 0 aliphatic carbocycles. The van der Waals surface area contributed by atoms with Crippen LogP contribution in [0.25, 0.3) is 22.2 Å². The molecule has 3 aromatic rings. The number of nitrogens with zero attached hydrogens (tertiary/aromatic N) is 4. The second kappa shape index (κ2) is 4.30. The summed E-state index contributed by atoms with van der Waals surface area (Å²) in [6.07, 6.45) is 2.94. The van der Waals surface area contributed by atoms with Crippen LogP contribution in [-0.2, 0) is 7.05 Å². The number of para-hydroxylation sites is 1. The van der Waals surface area contributed by atoms with Crippen LogP contribution < -0.4 is 5.73 Å². The van der Waals surface area contributed by atoms with Gasteiger partial charge in [-0.15, -0.1) is 0 Å². The number of nitro groups is 1. The number of fused-ring (bicyclic) bond motifs is 1. The zero-order valence-electron chi connectivity index (χ0n) is 10.6. The zero-order chi connectivity index (χ0) is 14.3. The van der Waals surface area contributed by atoms with Crippen LogP contribution in [0.2, 0.25) is 0 Å². The summed E-state index contributed by atoms with van der Waals surface area (Å²) < 4.78 is 1.90. The van der Waals surface area contributed by atoms with Gasteiger partial charge in [0.05, 0.1) is 4.92 Å². The average molecular weight is 269 g/mol. The first-order valence-electron chi connectivity index (χ1n) is 5.89. The van der Waals surface area contributed by atoms with Crippen LogP contribution in [0.4, 0.5) is 11.6 Å². The van der Waals surface area contributed by atoms with Crippen molar-refractivity contribution in [3.05, 3.63) is 46.8 Å². The van der Waals surface area contributed by atoms with E-state index in [0.29, 0.717) is 5.56 Å². The molecule has 0 aliphatic rings. The van der Waals surface area contributed by atoms with Gasteiger partial charge in [-0.1, -0.05) is 18.2 Å². The van der Waals surface area contributed by atoms with Gasteiger partial charge in [0.25, 0.3) is 0 Å². The molecule has 0 bridgehead atoms. The first kappa shape index (κ1) is 12.1. The molecule has 20 heavy (non-hydrogen) atoms. The molecule has 1 aromatic carbocycles. The molecule has 0 aliphatic heterocycles. The highest BCUT2D eigenvalue weighted by Gasteiger charge is 2.21. The van der Waals surface area contributed by atoms with Gasteiger partial charge >= 0.3 is 5.69 Å². The number of benzene rings is 1. The number of nitrogens with two attached hydrogens (primary N) is 1. The highest BCUT2D eigenvalue weighted by molar-refractivity contribution is 5.97. The molecule has 0 saturated carbocycles. The van der Waals surface area contributed by atoms with Crippen LogP contribution in [0, 0.1) is 10.1 Å². The zero-order valence-corrected chi connectivity index (χ0v) is 10.6. The second-order valence-corrected chi connectivity index (χ2v) is 4.39. The Bertz CT molecular complexity index is 825. The lowest BCUT2D eigenvalue weighted by Gasteiger charge is -2.01. The fourth-order valence-corrected chi connectivity index (χ4v) is 2.25. The molecule has 2 N–H and O–H groups in total. The summed E-state index contributed by atoms with van der Waals surface area (Å²) in [6, 6.07) is 7.62. The van der Waals surface area contributed by atoms with Crippen molar-refractivity contribution in [2.75, 3.05) is 5.73 Å². The second-order valence-electron chi connectivity index (χ2n) is 4.39. The highest BCUT2D eigenvalue weighted by atomic mass is 16.6. The molecule has 0 amide bonds. The maximum atomic E-state index is 11.1. The van der Waals surface area contributed by atoms with Gasteiger partial charge in [0, 0.05) is 29.7 Å². The van der Waals surface area contributed by atoms with E-state index in [9.17, 15) is 10.1 Å². The first-order chi connectivity index (χ1) is 9.58. The Kier molecular flexibility index (Phi) is 2.60. The molecule has 0 radical (unpaired) electrons. The van der Waals surface area contributed by atoms with E-state index < -0.39 is 4.92 Å². The number of aromatic nitrogens is 3. The van der Waals surface area contributed by atoms with Crippen LogP contribution in [0.5, 0.6) is 0 Å². The molecule has 0 spiro atoms. The summed E-state index contributed by atoms with van der Waals surface area (Å²) in [5.41, 5.74) is 7.28. The fourth-order valence-electron chi connectivity index (χ4n) is 2.25. The number of nitrogen functional groups attached to an aromatic ring is 1. The molecule has 2 heterocycles. The average Bonchev–Trinajstić information content (AvgIpc) is 2.76. The lowest BCUT2D eigenvalue weighted by atomic mass is 10.1. The smallest absolute Gasteiger partial charge is 0.313 e. The van der Waals surface area contributed by atoms with Crippen molar-refractivity contribution >= 4 is 22.5 Å². The molecule has 100 valence electrons. The van der Waals surface area contributed by atoms with Crippen LogP contribution in [0.15, 0.2) is 36.7 Å². The summed E-state index contributed by atoms with van der Waals surface area (Å²) in [5.74, 6) is 0.0125. The molecule has 7 nitrogen and oxygen atoms in total. The fraction of sp³-hybridized carbons (Fsp3) is 0.0769. The number of rotatable bonds is 2. The van der Waals surface area contributed by atoms with Gasteiger partial charge in [-0.2, -0.15) is 0 Å².